The highest BCUT2D eigenvalue weighted by Gasteiger charge is 2.11. The first kappa shape index (κ1) is 28.5. The van der Waals surface area contributed by atoms with Crippen molar-refractivity contribution in [1.29, 1.82) is 0 Å². The van der Waals surface area contributed by atoms with E-state index in [1.165, 1.54) is 81.7 Å². The molecule has 0 bridgehead atoms. The van der Waals surface area contributed by atoms with Crippen LogP contribution >= 0.6 is 0 Å². The summed E-state index contributed by atoms with van der Waals surface area (Å²) in [5.41, 5.74) is 1.70. The number of benzene rings is 2. The van der Waals surface area contributed by atoms with E-state index in [1.54, 1.807) is 12.1 Å². The fourth-order valence-corrected chi connectivity index (χ4v) is 4.36. The molecule has 0 unspecified atom stereocenters. The van der Waals surface area contributed by atoms with Crippen LogP contribution in [0.1, 0.15) is 102 Å². The highest BCUT2D eigenvalue weighted by Crippen LogP contribution is 2.17. The van der Waals surface area contributed by atoms with Gasteiger partial charge in [-0.05, 0) is 36.2 Å². The molecule has 0 saturated heterocycles. The number of hydrogen-bond acceptors (Lipinski definition) is 5. The van der Waals surface area contributed by atoms with Crippen LogP contribution in [0.2, 0.25) is 0 Å². The summed E-state index contributed by atoms with van der Waals surface area (Å²) in [7, 11) is 0. The minimum Gasteiger partial charge on any atom is -0.489 e. The minimum absolute atomic E-state index is 0.0177. The number of ether oxygens (including phenoxy) is 2. The first-order valence-electron chi connectivity index (χ1n) is 14.3. The lowest BCUT2D eigenvalue weighted by Crippen LogP contribution is -2.13. The zero-order valence-electron chi connectivity index (χ0n) is 22.5. The van der Waals surface area contributed by atoms with Crippen LogP contribution < -0.4 is 15.2 Å². The molecule has 0 amide bonds. The lowest BCUT2D eigenvalue weighted by molar-refractivity contribution is 0.219. The average molecular weight is 509 g/mol. The van der Waals surface area contributed by atoms with Gasteiger partial charge in [0.2, 0.25) is 0 Å². The highest BCUT2D eigenvalue weighted by molar-refractivity contribution is 5.36. The number of unbranched alkanes of at least 4 members (excludes halogenated alkanes) is 13. The molecular weight excluding hydrogens is 464 g/mol. The normalized spacial score (nSPS) is 11.1. The van der Waals surface area contributed by atoms with Gasteiger partial charge >= 0.3 is 11.8 Å². The van der Waals surface area contributed by atoms with Gasteiger partial charge < -0.3 is 13.9 Å². The van der Waals surface area contributed by atoms with Crippen molar-refractivity contribution >= 4 is 0 Å². The van der Waals surface area contributed by atoms with Gasteiger partial charge in [0.25, 0.3) is 0 Å². The zero-order chi connectivity index (χ0) is 26.0. The molecule has 1 aromatic heterocycles. The zero-order valence-corrected chi connectivity index (χ0v) is 22.5. The van der Waals surface area contributed by atoms with E-state index in [-0.39, 0.29) is 6.08 Å². The van der Waals surface area contributed by atoms with Gasteiger partial charge in [0.15, 0.2) is 0 Å². The fourth-order valence-electron chi connectivity index (χ4n) is 4.36. The highest BCUT2D eigenvalue weighted by atomic mass is 16.6. The summed E-state index contributed by atoms with van der Waals surface area (Å²) in [5, 5.41) is 4.18. The second-order valence-electron chi connectivity index (χ2n) is 9.76. The number of aromatic nitrogens is 2. The molecule has 0 radical (unpaired) electrons. The average Bonchev–Trinajstić information content (AvgIpc) is 3.30. The molecule has 1 heterocycles. The van der Waals surface area contributed by atoms with Crippen molar-refractivity contribution in [2.24, 2.45) is 0 Å². The molecule has 0 saturated carbocycles. The Labute approximate surface area is 222 Å². The van der Waals surface area contributed by atoms with Crippen molar-refractivity contribution < 1.29 is 13.9 Å². The van der Waals surface area contributed by atoms with Crippen molar-refractivity contribution in [3.05, 3.63) is 70.7 Å². The molecule has 2 aromatic carbocycles. The lowest BCUT2D eigenvalue weighted by atomic mass is 10.0. The number of nitrogens with zero attached hydrogens (tertiary/aromatic N) is 2. The Morgan fingerprint density at radius 2 is 1.27 bits per heavy atom. The maximum absolute atomic E-state index is 12.2. The third-order valence-electron chi connectivity index (χ3n) is 6.58. The van der Waals surface area contributed by atoms with E-state index in [0.717, 1.165) is 24.2 Å². The van der Waals surface area contributed by atoms with Crippen molar-refractivity contribution in [1.82, 2.24) is 9.78 Å². The van der Waals surface area contributed by atoms with Crippen molar-refractivity contribution in [3.63, 3.8) is 0 Å². The number of hydrogen-bond donors (Lipinski definition) is 0. The summed E-state index contributed by atoms with van der Waals surface area (Å²) in [6.07, 6.45) is 18.4. The SMILES string of the molecule is CCCCCCCCCCCCCCCCOc1nn(-c2ccc(OCc3ccccc3)cc2)c(=O)o1. The van der Waals surface area contributed by atoms with Gasteiger partial charge in [-0.15, -0.1) is 0 Å². The minimum atomic E-state index is -0.561. The third-order valence-corrected chi connectivity index (χ3v) is 6.58. The van der Waals surface area contributed by atoms with Crippen LogP contribution in [0, 0.1) is 0 Å². The first-order valence-corrected chi connectivity index (χ1v) is 14.3. The van der Waals surface area contributed by atoms with Gasteiger partial charge in [0.1, 0.15) is 12.4 Å². The smallest absolute Gasteiger partial charge is 0.444 e. The molecule has 0 aliphatic heterocycles. The molecule has 0 atom stereocenters. The van der Waals surface area contributed by atoms with Gasteiger partial charge in [0.05, 0.1) is 12.3 Å². The predicted molar refractivity (Wildman–Crippen MR) is 149 cm³/mol. The van der Waals surface area contributed by atoms with Gasteiger partial charge in [-0.25, -0.2) is 4.79 Å². The van der Waals surface area contributed by atoms with Crippen molar-refractivity contribution in [2.75, 3.05) is 6.61 Å². The Morgan fingerprint density at radius 3 is 1.86 bits per heavy atom. The molecular formula is C31H44N2O4. The molecule has 0 fully saturated rings. The Bertz CT molecular complexity index is 1030. The molecule has 37 heavy (non-hydrogen) atoms. The molecule has 0 N–H and O–H groups in total. The fraction of sp³-hybridized carbons (Fsp3) is 0.548. The second kappa shape index (κ2) is 17.4. The summed E-state index contributed by atoms with van der Waals surface area (Å²) in [4.78, 5) is 12.2. The topological polar surface area (TPSA) is 66.5 Å². The largest absolute Gasteiger partial charge is 0.489 e. The van der Waals surface area contributed by atoms with E-state index >= 15 is 0 Å². The maximum Gasteiger partial charge on any atom is 0.444 e. The first-order chi connectivity index (χ1) is 18.3. The van der Waals surface area contributed by atoms with E-state index in [2.05, 4.69) is 12.0 Å². The van der Waals surface area contributed by atoms with Crippen LogP contribution in [0.3, 0.4) is 0 Å². The predicted octanol–water partition coefficient (Wildman–Crippen LogP) is 8.26. The second-order valence-corrected chi connectivity index (χ2v) is 9.76. The summed E-state index contributed by atoms with van der Waals surface area (Å²) >= 11 is 0. The van der Waals surface area contributed by atoms with Crippen LogP contribution in [0.4, 0.5) is 0 Å². The molecule has 0 aliphatic rings. The van der Waals surface area contributed by atoms with Gasteiger partial charge in [-0.1, -0.05) is 126 Å². The van der Waals surface area contributed by atoms with E-state index in [4.69, 9.17) is 13.9 Å². The van der Waals surface area contributed by atoms with Crippen molar-refractivity contribution in [2.45, 2.75) is 103 Å². The summed E-state index contributed by atoms with van der Waals surface area (Å²) in [6, 6.07) is 17.2. The quantitative estimate of drug-likeness (QED) is 0.144. The lowest BCUT2D eigenvalue weighted by Gasteiger charge is -2.06. The monoisotopic (exact) mass is 508 g/mol. The van der Waals surface area contributed by atoms with Crippen molar-refractivity contribution in [3.8, 4) is 17.5 Å². The Morgan fingerprint density at radius 1 is 0.703 bits per heavy atom. The molecule has 0 spiro atoms. The van der Waals surface area contributed by atoms with Crippen LogP contribution in [-0.2, 0) is 6.61 Å². The Hall–Kier alpha value is -3.02. The Kier molecular flexibility index (Phi) is 13.5. The third kappa shape index (κ3) is 11.3. The van der Waals surface area contributed by atoms with E-state index in [0.29, 0.717) is 18.9 Å². The van der Waals surface area contributed by atoms with Crippen LogP contribution in [0.5, 0.6) is 11.8 Å². The van der Waals surface area contributed by atoms with Crippen LogP contribution in [0.25, 0.3) is 5.69 Å². The van der Waals surface area contributed by atoms with Gasteiger partial charge in [-0.3, -0.25) is 0 Å². The standard InChI is InChI=1S/C31H44N2O4/c1-2-3-4-5-6-7-8-9-10-11-12-13-14-18-25-35-30-32-33(31(34)37-30)28-21-23-29(24-22-28)36-26-27-19-16-15-17-20-27/h15-17,19-24H,2-14,18,25-26H2,1H3. The molecule has 3 rings (SSSR count). The molecule has 202 valence electrons. The molecule has 0 aliphatic carbocycles. The Balaban J connectivity index is 1.24. The summed E-state index contributed by atoms with van der Waals surface area (Å²) < 4.78 is 17.8. The maximum atomic E-state index is 12.2. The van der Waals surface area contributed by atoms with Crippen LogP contribution in [-0.4, -0.2) is 16.4 Å². The van der Waals surface area contributed by atoms with E-state index in [1.807, 2.05) is 42.5 Å². The number of rotatable bonds is 20. The summed E-state index contributed by atoms with van der Waals surface area (Å²) in [5.74, 6) is 0.160. The van der Waals surface area contributed by atoms with Crippen LogP contribution in [0.15, 0.2) is 63.8 Å². The van der Waals surface area contributed by atoms with E-state index in [9.17, 15) is 4.79 Å². The molecule has 6 nitrogen and oxygen atoms in total. The summed E-state index contributed by atoms with van der Waals surface area (Å²) in [6.45, 7) is 3.26. The molecule has 3 aromatic rings. The van der Waals surface area contributed by atoms with Gasteiger partial charge in [0, 0.05) is 0 Å². The van der Waals surface area contributed by atoms with Gasteiger partial charge in [-0.2, -0.15) is 4.68 Å². The van der Waals surface area contributed by atoms with E-state index < -0.39 is 5.76 Å². The molecule has 6 heteroatoms.